The number of nitrogens with one attached hydrogen (secondary N) is 2. The molecule has 1 aromatic rings. The van der Waals surface area contributed by atoms with Crippen molar-refractivity contribution in [1.82, 2.24) is 15.5 Å². The van der Waals surface area contributed by atoms with E-state index in [9.17, 15) is 14.7 Å². The Morgan fingerprint density at radius 2 is 1.79 bits per heavy atom. The fourth-order valence-electron chi connectivity index (χ4n) is 6.02. The standard InChI is InChI=1S/C31H48N4O3/c1-9-35(25-12-10-24(11-13-25)34(7)8)28-18-23(14-15-31(5,6)38)17-26(22(28)4)29(36)32-19-27-20(2)16-21(3)33-30(27)37/h17-18,20-21,24-25,27,38H,9-13,16,19H2,1-8H3,(H,32,36)(H,33,37). The van der Waals surface area contributed by atoms with E-state index in [-0.39, 0.29) is 29.7 Å². The number of carbonyl (C=O) groups is 2. The van der Waals surface area contributed by atoms with Gasteiger partial charge in [0.15, 0.2) is 0 Å². The van der Waals surface area contributed by atoms with Crippen molar-refractivity contribution in [3.8, 4) is 11.8 Å². The second-order valence-electron chi connectivity index (χ2n) is 12.1. The van der Waals surface area contributed by atoms with Gasteiger partial charge < -0.3 is 25.5 Å². The van der Waals surface area contributed by atoms with Gasteiger partial charge in [0.1, 0.15) is 5.60 Å². The Bertz CT molecular complexity index is 1060. The topological polar surface area (TPSA) is 84.9 Å². The molecule has 0 spiro atoms. The smallest absolute Gasteiger partial charge is 0.251 e. The maximum absolute atomic E-state index is 13.5. The summed E-state index contributed by atoms with van der Waals surface area (Å²) in [7, 11) is 4.31. The summed E-state index contributed by atoms with van der Waals surface area (Å²) in [5.41, 5.74) is 2.08. The van der Waals surface area contributed by atoms with Crippen LogP contribution in [0.3, 0.4) is 0 Å². The van der Waals surface area contributed by atoms with Gasteiger partial charge in [0.05, 0.1) is 5.92 Å². The number of hydrogen-bond acceptors (Lipinski definition) is 5. The highest BCUT2D eigenvalue weighted by atomic mass is 16.3. The summed E-state index contributed by atoms with van der Waals surface area (Å²) in [5, 5.41) is 16.3. The Balaban J connectivity index is 1.91. The van der Waals surface area contributed by atoms with E-state index in [0.29, 0.717) is 29.8 Å². The molecule has 2 aliphatic rings. The second-order valence-corrected chi connectivity index (χ2v) is 12.1. The van der Waals surface area contributed by atoms with Crippen LogP contribution in [0.2, 0.25) is 0 Å². The summed E-state index contributed by atoms with van der Waals surface area (Å²) in [6, 6.07) is 5.05. The summed E-state index contributed by atoms with van der Waals surface area (Å²) < 4.78 is 0. The van der Waals surface area contributed by atoms with Crippen molar-refractivity contribution >= 4 is 17.5 Å². The predicted octanol–water partition coefficient (Wildman–Crippen LogP) is 3.71. The van der Waals surface area contributed by atoms with Crippen molar-refractivity contribution in [2.75, 3.05) is 32.1 Å². The molecule has 3 N–H and O–H groups in total. The molecule has 1 heterocycles. The first kappa shape index (κ1) is 30.0. The quantitative estimate of drug-likeness (QED) is 0.474. The monoisotopic (exact) mass is 524 g/mol. The molecule has 38 heavy (non-hydrogen) atoms. The molecule has 0 aromatic heterocycles. The summed E-state index contributed by atoms with van der Waals surface area (Å²) in [4.78, 5) is 30.8. The number of carbonyl (C=O) groups excluding carboxylic acids is 2. The number of rotatable bonds is 7. The minimum absolute atomic E-state index is 0.00393. The first-order chi connectivity index (χ1) is 17.8. The van der Waals surface area contributed by atoms with Crippen molar-refractivity contribution in [1.29, 1.82) is 0 Å². The average molecular weight is 525 g/mol. The van der Waals surface area contributed by atoms with Gasteiger partial charge in [0.25, 0.3) is 5.91 Å². The minimum Gasteiger partial charge on any atom is -0.378 e. The maximum Gasteiger partial charge on any atom is 0.251 e. The molecule has 1 aliphatic carbocycles. The fraction of sp³-hybridized carbons (Fsp3) is 0.677. The summed E-state index contributed by atoms with van der Waals surface area (Å²) >= 11 is 0. The largest absolute Gasteiger partial charge is 0.378 e. The number of hydrogen-bond donors (Lipinski definition) is 3. The third-order valence-corrected chi connectivity index (χ3v) is 8.25. The molecule has 2 fully saturated rings. The predicted molar refractivity (Wildman–Crippen MR) is 154 cm³/mol. The van der Waals surface area contributed by atoms with Gasteiger partial charge in [-0.15, -0.1) is 0 Å². The van der Waals surface area contributed by atoms with Crippen LogP contribution in [0.4, 0.5) is 5.69 Å². The fourth-order valence-corrected chi connectivity index (χ4v) is 6.02. The zero-order valence-electron chi connectivity index (χ0n) is 24.6. The minimum atomic E-state index is -1.13. The maximum atomic E-state index is 13.5. The van der Waals surface area contributed by atoms with E-state index in [1.54, 1.807) is 13.8 Å². The molecular weight excluding hydrogens is 476 g/mol. The lowest BCUT2D eigenvalue weighted by molar-refractivity contribution is -0.129. The van der Waals surface area contributed by atoms with Crippen molar-refractivity contribution < 1.29 is 14.7 Å². The van der Waals surface area contributed by atoms with E-state index in [0.717, 1.165) is 49.9 Å². The van der Waals surface area contributed by atoms with Crippen LogP contribution in [-0.4, -0.2) is 72.7 Å². The van der Waals surface area contributed by atoms with Gasteiger partial charge in [-0.1, -0.05) is 18.8 Å². The Kier molecular flexibility index (Phi) is 9.89. The molecule has 7 heteroatoms. The Hall–Kier alpha value is -2.56. The number of anilines is 1. The molecule has 210 valence electrons. The van der Waals surface area contributed by atoms with Gasteiger partial charge in [-0.25, -0.2) is 0 Å². The van der Waals surface area contributed by atoms with Crippen LogP contribution in [-0.2, 0) is 4.79 Å². The van der Waals surface area contributed by atoms with Crippen LogP contribution in [0.15, 0.2) is 12.1 Å². The van der Waals surface area contributed by atoms with Gasteiger partial charge in [0, 0.05) is 48.0 Å². The second kappa shape index (κ2) is 12.5. The Morgan fingerprint density at radius 3 is 2.34 bits per heavy atom. The van der Waals surface area contributed by atoms with Crippen LogP contribution in [0, 0.1) is 30.6 Å². The molecule has 2 amide bonds. The van der Waals surface area contributed by atoms with E-state index < -0.39 is 5.60 Å². The highest BCUT2D eigenvalue weighted by molar-refractivity contribution is 5.98. The van der Waals surface area contributed by atoms with Gasteiger partial charge in [-0.05, 0) is 104 Å². The third kappa shape index (κ3) is 7.51. The number of piperidine rings is 1. The van der Waals surface area contributed by atoms with E-state index in [1.807, 2.05) is 19.9 Å². The van der Waals surface area contributed by atoms with Crippen molar-refractivity contribution in [2.24, 2.45) is 11.8 Å². The molecule has 0 bridgehead atoms. The van der Waals surface area contributed by atoms with Gasteiger partial charge >= 0.3 is 0 Å². The zero-order valence-corrected chi connectivity index (χ0v) is 24.6. The lowest BCUT2D eigenvalue weighted by atomic mass is 9.84. The normalized spacial score (nSPS) is 25.8. The first-order valence-corrected chi connectivity index (χ1v) is 14.2. The van der Waals surface area contributed by atoms with E-state index in [2.05, 4.69) is 66.3 Å². The van der Waals surface area contributed by atoms with Gasteiger partial charge in [-0.3, -0.25) is 9.59 Å². The molecule has 3 atom stereocenters. The lowest BCUT2D eigenvalue weighted by Crippen LogP contribution is -2.50. The molecule has 3 rings (SSSR count). The van der Waals surface area contributed by atoms with Crippen LogP contribution < -0.4 is 15.5 Å². The highest BCUT2D eigenvalue weighted by Crippen LogP contribution is 2.33. The first-order valence-electron chi connectivity index (χ1n) is 14.2. The SMILES string of the molecule is CCN(c1cc(C#CC(C)(C)O)cc(C(=O)NCC2C(=O)NC(C)CC2C)c1C)C1CCC(N(C)C)CC1. The molecule has 1 aliphatic heterocycles. The Labute approximate surface area is 229 Å². The summed E-state index contributed by atoms with van der Waals surface area (Å²) in [6.45, 7) is 12.7. The van der Waals surface area contributed by atoms with Gasteiger partial charge in [-0.2, -0.15) is 0 Å². The number of aliphatic hydroxyl groups is 1. The number of nitrogens with zero attached hydrogens (tertiary/aromatic N) is 2. The van der Waals surface area contributed by atoms with E-state index in [1.165, 1.54) is 0 Å². The zero-order chi connectivity index (χ0) is 28.2. The number of benzene rings is 1. The van der Waals surface area contributed by atoms with Crippen LogP contribution >= 0.6 is 0 Å². The van der Waals surface area contributed by atoms with Crippen molar-refractivity contribution in [3.63, 3.8) is 0 Å². The molecule has 3 unspecified atom stereocenters. The third-order valence-electron chi connectivity index (χ3n) is 8.25. The van der Waals surface area contributed by atoms with Crippen LogP contribution in [0.1, 0.15) is 88.2 Å². The molecule has 7 nitrogen and oxygen atoms in total. The summed E-state index contributed by atoms with van der Waals surface area (Å²) in [6.07, 6.45) is 5.41. The number of amides is 2. The molecule has 1 saturated carbocycles. The van der Waals surface area contributed by atoms with Crippen molar-refractivity contribution in [2.45, 2.75) is 97.4 Å². The van der Waals surface area contributed by atoms with E-state index in [4.69, 9.17) is 0 Å². The van der Waals surface area contributed by atoms with E-state index >= 15 is 0 Å². The Morgan fingerprint density at radius 1 is 1.16 bits per heavy atom. The van der Waals surface area contributed by atoms with Crippen LogP contribution in [0.25, 0.3) is 0 Å². The van der Waals surface area contributed by atoms with Crippen molar-refractivity contribution in [3.05, 3.63) is 28.8 Å². The molecule has 1 saturated heterocycles. The molecular formula is C31H48N4O3. The summed E-state index contributed by atoms with van der Waals surface area (Å²) in [5.74, 6) is 5.77. The van der Waals surface area contributed by atoms with Gasteiger partial charge in [0.2, 0.25) is 5.91 Å². The molecule has 0 radical (unpaired) electrons. The lowest BCUT2D eigenvalue weighted by Gasteiger charge is -2.40. The highest BCUT2D eigenvalue weighted by Gasteiger charge is 2.33. The van der Waals surface area contributed by atoms with Crippen LogP contribution in [0.5, 0.6) is 0 Å². The average Bonchev–Trinajstić information content (AvgIpc) is 2.83. The molecule has 1 aromatic carbocycles.